The van der Waals surface area contributed by atoms with Crippen LogP contribution in [0.5, 0.6) is 0 Å². The zero-order valence-corrected chi connectivity index (χ0v) is 6.98. The van der Waals surface area contributed by atoms with Gasteiger partial charge in [0.25, 0.3) is 0 Å². The fraction of sp³-hybridized carbons (Fsp3) is 0.625. The zero-order valence-electron chi connectivity index (χ0n) is 6.98. The smallest absolute Gasteiger partial charge is 0.312 e. The van der Waals surface area contributed by atoms with E-state index in [0.29, 0.717) is 0 Å². The number of amides is 2. The van der Waals surface area contributed by atoms with E-state index in [1.165, 1.54) is 0 Å². The van der Waals surface area contributed by atoms with Crippen molar-refractivity contribution in [1.29, 1.82) is 0 Å². The van der Waals surface area contributed by atoms with Gasteiger partial charge in [-0.3, -0.25) is 0 Å². The Morgan fingerprint density at radius 2 is 2.36 bits per heavy atom. The summed E-state index contributed by atoms with van der Waals surface area (Å²) in [5, 5.41) is 2.67. The summed E-state index contributed by atoms with van der Waals surface area (Å²) >= 11 is 0. The molecular formula is C8H14N2O. The standard InChI is InChI=1S/C8H14N2O/c1-5(2)8(3)4-6(8)10-7(9)11/h6H,1,4H2,2-3H3,(H3,9,10,11). The van der Waals surface area contributed by atoms with Crippen molar-refractivity contribution in [3.05, 3.63) is 12.2 Å². The van der Waals surface area contributed by atoms with Gasteiger partial charge >= 0.3 is 6.03 Å². The number of nitrogens with two attached hydrogens (primary N) is 1. The lowest BCUT2D eigenvalue weighted by Gasteiger charge is -2.09. The van der Waals surface area contributed by atoms with Crippen molar-refractivity contribution in [2.75, 3.05) is 0 Å². The van der Waals surface area contributed by atoms with Crippen LogP contribution in [0.15, 0.2) is 12.2 Å². The second-order valence-corrected chi connectivity index (χ2v) is 3.46. The van der Waals surface area contributed by atoms with E-state index in [1.807, 2.05) is 6.92 Å². The van der Waals surface area contributed by atoms with Crippen LogP contribution in [0.3, 0.4) is 0 Å². The SMILES string of the molecule is C=C(C)C1(C)CC1NC(N)=O. The number of nitrogens with one attached hydrogen (secondary N) is 1. The van der Waals surface area contributed by atoms with Gasteiger partial charge in [-0.05, 0) is 13.3 Å². The Morgan fingerprint density at radius 1 is 1.82 bits per heavy atom. The van der Waals surface area contributed by atoms with Crippen LogP contribution < -0.4 is 11.1 Å². The van der Waals surface area contributed by atoms with Crippen LogP contribution in [0.1, 0.15) is 20.3 Å². The molecule has 3 N–H and O–H groups in total. The second kappa shape index (κ2) is 2.26. The number of hydrogen-bond donors (Lipinski definition) is 2. The highest BCUT2D eigenvalue weighted by atomic mass is 16.2. The van der Waals surface area contributed by atoms with E-state index in [-0.39, 0.29) is 11.5 Å². The van der Waals surface area contributed by atoms with Crippen LogP contribution in [-0.2, 0) is 0 Å². The van der Waals surface area contributed by atoms with Gasteiger partial charge in [0.1, 0.15) is 0 Å². The molecule has 1 saturated carbocycles. The Hall–Kier alpha value is -0.990. The highest BCUT2D eigenvalue weighted by Gasteiger charge is 2.51. The minimum absolute atomic E-state index is 0.0923. The van der Waals surface area contributed by atoms with Gasteiger partial charge in [-0.15, -0.1) is 0 Å². The molecule has 0 aromatic rings. The minimum atomic E-state index is -0.444. The second-order valence-electron chi connectivity index (χ2n) is 3.46. The lowest BCUT2D eigenvalue weighted by atomic mass is 10.0. The van der Waals surface area contributed by atoms with Crippen LogP contribution in [0, 0.1) is 5.41 Å². The van der Waals surface area contributed by atoms with Crippen molar-refractivity contribution in [2.24, 2.45) is 11.1 Å². The maximum absolute atomic E-state index is 10.4. The van der Waals surface area contributed by atoms with Crippen molar-refractivity contribution < 1.29 is 4.79 Å². The maximum atomic E-state index is 10.4. The molecule has 11 heavy (non-hydrogen) atoms. The van der Waals surface area contributed by atoms with E-state index >= 15 is 0 Å². The number of hydrogen-bond acceptors (Lipinski definition) is 1. The van der Waals surface area contributed by atoms with E-state index in [2.05, 4.69) is 18.8 Å². The van der Waals surface area contributed by atoms with Gasteiger partial charge in [0.15, 0.2) is 0 Å². The van der Waals surface area contributed by atoms with Crippen molar-refractivity contribution in [3.63, 3.8) is 0 Å². The molecular weight excluding hydrogens is 140 g/mol. The van der Waals surface area contributed by atoms with Gasteiger partial charge in [0.2, 0.25) is 0 Å². The monoisotopic (exact) mass is 154 g/mol. The lowest BCUT2D eigenvalue weighted by molar-refractivity contribution is 0.247. The topological polar surface area (TPSA) is 55.1 Å². The van der Waals surface area contributed by atoms with Gasteiger partial charge in [-0.1, -0.05) is 19.1 Å². The van der Waals surface area contributed by atoms with Crippen LogP contribution in [0.4, 0.5) is 4.79 Å². The molecule has 0 saturated heterocycles. The number of urea groups is 1. The quantitative estimate of drug-likeness (QED) is 0.573. The summed E-state index contributed by atoms with van der Waals surface area (Å²) in [5.74, 6) is 0. The summed E-state index contributed by atoms with van der Waals surface area (Å²) in [7, 11) is 0. The third-order valence-electron chi connectivity index (χ3n) is 2.53. The summed E-state index contributed by atoms with van der Waals surface area (Å²) in [6.07, 6.45) is 0.964. The number of rotatable bonds is 2. The van der Waals surface area contributed by atoms with E-state index in [0.717, 1.165) is 12.0 Å². The first-order chi connectivity index (χ1) is 4.97. The highest BCUT2D eigenvalue weighted by molar-refractivity contribution is 5.72. The molecule has 1 fully saturated rings. The molecule has 3 nitrogen and oxygen atoms in total. The molecule has 0 aliphatic heterocycles. The van der Waals surface area contributed by atoms with Crippen LogP contribution in [0.2, 0.25) is 0 Å². The molecule has 1 aliphatic rings. The molecule has 62 valence electrons. The highest BCUT2D eigenvalue weighted by Crippen LogP contribution is 2.50. The summed E-state index contributed by atoms with van der Waals surface area (Å²) in [4.78, 5) is 10.4. The van der Waals surface area contributed by atoms with E-state index in [9.17, 15) is 4.79 Å². The fourth-order valence-electron chi connectivity index (χ4n) is 1.22. The van der Waals surface area contributed by atoms with Crippen LogP contribution in [-0.4, -0.2) is 12.1 Å². The number of carbonyl (C=O) groups is 1. The Kier molecular flexibility index (Phi) is 1.66. The number of primary amides is 1. The van der Waals surface area contributed by atoms with Gasteiger partial charge < -0.3 is 11.1 Å². The van der Waals surface area contributed by atoms with Crippen molar-refractivity contribution in [2.45, 2.75) is 26.3 Å². The first-order valence-electron chi connectivity index (χ1n) is 3.69. The molecule has 0 spiro atoms. The van der Waals surface area contributed by atoms with E-state index in [1.54, 1.807) is 0 Å². The minimum Gasteiger partial charge on any atom is -0.352 e. The van der Waals surface area contributed by atoms with E-state index in [4.69, 9.17) is 5.73 Å². The summed E-state index contributed by atoms with van der Waals surface area (Å²) in [6, 6.07) is -0.238. The van der Waals surface area contributed by atoms with Gasteiger partial charge in [0, 0.05) is 11.5 Å². The molecule has 0 radical (unpaired) electrons. The van der Waals surface area contributed by atoms with Gasteiger partial charge in [-0.25, -0.2) is 4.79 Å². The first-order valence-corrected chi connectivity index (χ1v) is 3.69. The molecule has 1 rings (SSSR count). The van der Waals surface area contributed by atoms with Crippen LogP contribution in [0.25, 0.3) is 0 Å². The molecule has 0 heterocycles. The van der Waals surface area contributed by atoms with Gasteiger partial charge in [0.05, 0.1) is 0 Å². The molecule has 0 aromatic carbocycles. The molecule has 2 atom stereocenters. The largest absolute Gasteiger partial charge is 0.352 e. The molecule has 3 heteroatoms. The Balaban J connectivity index is 2.47. The fourth-order valence-corrected chi connectivity index (χ4v) is 1.22. The molecule has 1 aliphatic carbocycles. The zero-order chi connectivity index (χ0) is 8.65. The summed E-state index contributed by atoms with van der Waals surface area (Å²) in [5.41, 5.74) is 6.17. The lowest BCUT2D eigenvalue weighted by Crippen LogP contribution is -2.33. The van der Waals surface area contributed by atoms with Crippen molar-refractivity contribution in [1.82, 2.24) is 5.32 Å². The Morgan fingerprint density at radius 3 is 2.64 bits per heavy atom. The third kappa shape index (κ3) is 1.37. The van der Waals surface area contributed by atoms with Crippen LogP contribution >= 0.6 is 0 Å². The normalized spacial score (nSPS) is 34.5. The molecule has 2 amide bonds. The predicted molar refractivity (Wildman–Crippen MR) is 44.0 cm³/mol. The first kappa shape index (κ1) is 8.11. The van der Waals surface area contributed by atoms with Crippen molar-refractivity contribution >= 4 is 6.03 Å². The summed E-state index contributed by atoms with van der Waals surface area (Å²) < 4.78 is 0. The third-order valence-corrected chi connectivity index (χ3v) is 2.53. The predicted octanol–water partition coefficient (Wildman–Crippen LogP) is 1.01. The van der Waals surface area contributed by atoms with Gasteiger partial charge in [-0.2, -0.15) is 0 Å². The maximum Gasteiger partial charge on any atom is 0.312 e. The average molecular weight is 154 g/mol. The average Bonchev–Trinajstić information content (AvgIpc) is 2.42. The molecule has 0 aromatic heterocycles. The molecule has 2 unspecified atom stereocenters. The summed E-state index contributed by atoms with van der Waals surface area (Å²) in [6.45, 7) is 7.91. The molecule has 0 bridgehead atoms. The Bertz CT molecular complexity index is 212. The number of carbonyl (C=O) groups excluding carboxylic acids is 1. The van der Waals surface area contributed by atoms with Crippen molar-refractivity contribution in [3.8, 4) is 0 Å². The Labute approximate surface area is 66.6 Å². The van der Waals surface area contributed by atoms with E-state index < -0.39 is 6.03 Å².